The SMILES string of the molecule is N#CCNCCC(=O)N1CCCC1. The van der Waals surface area contributed by atoms with Gasteiger partial charge in [0.05, 0.1) is 12.6 Å². The number of hydrogen-bond donors (Lipinski definition) is 1. The zero-order chi connectivity index (χ0) is 9.52. The number of rotatable bonds is 4. The number of hydrogen-bond acceptors (Lipinski definition) is 3. The predicted octanol–water partition coefficient (Wildman–Crippen LogP) is 0.112. The molecule has 1 aliphatic heterocycles. The van der Waals surface area contributed by atoms with Crippen LogP contribution in [0.15, 0.2) is 0 Å². The van der Waals surface area contributed by atoms with Crippen molar-refractivity contribution < 1.29 is 4.79 Å². The summed E-state index contributed by atoms with van der Waals surface area (Å²) in [7, 11) is 0. The number of nitrogens with zero attached hydrogens (tertiary/aromatic N) is 2. The molecule has 4 heteroatoms. The Hall–Kier alpha value is -1.08. The van der Waals surface area contributed by atoms with Crippen LogP contribution >= 0.6 is 0 Å². The Balaban J connectivity index is 2.07. The molecule has 1 heterocycles. The fourth-order valence-corrected chi connectivity index (χ4v) is 1.46. The van der Waals surface area contributed by atoms with Crippen molar-refractivity contribution >= 4 is 5.91 Å². The van der Waals surface area contributed by atoms with Crippen molar-refractivity contribution in [1.82, 2.24) is 10.2 Å². The van der Waals surface area contributed by atoms with Crippen LogP contribution in [0.5, 0.6) is 0 Å². The van der Waals surface area contributed by atoms with Gasteiger partial charge in [0.25, 0.3) is 0 Å². The number of nitrogens with one attached hydrogen (secondary N) is 1. The van der Waals surface area contributed by atoms with Gasteiger partial charge >= 0.3 is 0 Å². The highest BCUT2D eigenvalue weighted by Gasteiger charge is 2.16. The highest BCUT2D eigenvalue weighted by Crippen LogP contribution is 2.08. The summed E-state index contributed by atoms with van der Waals surface area (Å²) < 4.78 is 0. The molecule has 1 aliphatic rings. The van der Waals surface area contributed by atoms with E-state index < -0.39 is 0 Å². The van der Waals surface area contributed by atoms with Gasteiger partial charge < -0.3 is 10.2 Å². The molecule has 4 nitrogen and oxygen atoms in total. The van der Waals surface area contributed by atoms with Gasteiger partial charge in [-0.2, -0.15) is 5.26 Å². The van der Waals surface area contributed by atoms with E-state index in [1.165, 1.54) is 0 Å². The van der Waals surface area contributed by atoms with Crippen LogP contribution in [0.2, 0.25) is 0 Å². The standard InChI is InChI=1S/C9H15N3O/c10-4-6-11-5-3-9(13)12-7-1-2-8-12/h11H,1-3,5-8H2. The molecule has 1 N–H and O–H groups in total. The molecule has 13 heavy (non-hydrogen) atoms. The molecule has 0 aliphatic carbocycles. The fourth-order valence-electron chi connectivity index (χ4n) is 1.46. The van der Waals surface area contributed by atoms with Gasteiger partial charge in [0.1, 0.15) is 0 Å². The number of nitriles is 1. The van der Waals surface area contributed by atoms with Crippen molar-refractivity contribution in [3.63, 3.8) is 0 Å². The van der Waals surface area contributed by atoms with E-state index in [4.69, 9.17) is 5.26 Å². The first-order valence-corrected chi connectivity index (χ1v) is 4.70. The molecule has 1 amide bonds. The largest absolute Gasteiger partial charge is 0.343 e. The van der Waals surface area contributed by atoms with Gasteiger partial charge in [0, 0.05) is 26.1 Å². The first-order valence-electron chi connectivity index (χ1n) is 4.70. The van der Waals surface area contributed by atoms with Crippen LogP contribution in [0.25, 0.3) is 0 Å². The number of carbonyl (C=O) groups is 1. The summed E-state index contributed by atoms with van der Waals surface area (Å²) in [5, 5.41) is 11.1. The molecule has 0 bridgehead atoms. The molecule has 1 saturated heterocycles. The van der Waals surface area contributed by atoms with E-state index >= 15 is 0 Å². The number of likely N-dealkylation sites (tertiary alicyclic amines) is 1. The zero-order valence-electron chi connectivity index (χ0n) is 7.75. The summed E-state index contributed by atoms with van der Waals surface area (Å²) in [6.07, 6.45) is 2.79. The second kappa shape index (κ2) is 5.55. The molecule has 1 fully saturated rings. The summed E-state index contributed by atoms with van der Waals surface area (Å²) in [6, 6.07) is 1.97. The van der Waals surface area contributed by atoms with Crippen LogP contribution in [0.4, 0.5) is 0 Å². The molecule has 0 saturated carbocycles. The van der Waals surface area contributed by atoms with Gasteiger partial charge in [-0.1, -0.05) is 0 Å². The fraction of sp³-hybridized carbons (Fsp3) is 0.778. The van der Waals surface area contributed by atoms with Crippen LogP contribution in [0.1, 0.15) is 19.3 Å². The molecule has 0 spiro atoms. The van der Waals surface area contributed by atoms with Crippen molar-refractivity contribution in [2.45, 2.75) is 19.3 Å². The molecule has 0 aromatic heterocycles. The maximum absolute atomic E-state index is 11.4. The van der Waals surface area contributed by atoms with Crippen molar-refractivity contribution in [3.8, 4) is 6.07 Å². The molecule has 0 radical (unpaired) electrons. The quantitative estimate of drug-likeness (QED) is 0.495. The lowest BCUT2D eigenvalue weighted by Gasteiger charge is -2.14. The normalized spacial score (nSPS) is 15.8. The molecule has 1 rings (SSSR count). The molecular weight excluding hydrogens is 166 g/mol. The second-order valence-electron chi connectivity index (χ2n) is 3.17. The molecule has 72 valence electrons. The Kier molecular flexibility index (Phi) is 4.27. The van der Waals surface area contributed by atoms with Crippen molar-refractivity contribution in [2.24, 2.45) is 0 Å². The third-order valence-electron chi connectivity index (χ3n) is 2.18. The van der Waals surface area contributed by atoms with Crippen LogP contribution < -0.4 is 5.32 Å². The van der Waals surface area contributed by atoms with Gasteiger partial charge in [-0.05, 0) is 12.8 Å². The van der Waals surface area contributed by atoms with E-state index in [0.717, 1.165) is 25.9 Å². The van der Waals surface area contributed by atoms with E-state index in [0.29, 0.717) is 19.5 Å². The molecule has 0 aromatic carbocycles. The zero-order valence-corrected chi connectivity index (χ0v) is 7.75. The predicted molar refractivity (Wildman–Crippen MR) is 48.9 cm³/mol. The van der Waals surface area contributed by atoms with Crippen molar-refractivity contribution in [2.75, 3.05) is 26.2 Å². The minimum Gasteiger partial charge on any atom is -0.343 e. The van der Waals surface area contributed by atoms with Crippen molar-refractivity contribution in [1.29, 1.82) is 5.26 Å². The first-order chi connectivity index (χ1) is 6.34. The van der Waals surface area contributed by atoms with E-state index in [2.05, 4.69) is 5.32 Å². The Morgan fingerprint density at radius 1 is 1.46 bits per heavy atom. The lowest BCUT2D eigenvalue weighted by molar-refractivity contribution is -0.130. The Bertz CT molecular complexity index is 203. The summed E-state index contributed by atoms with van der Waals surface area (Å²) in [6.45, 7) is 2.77. The second-order valence-corrected chi connectivity index (χ2v) is 3.17. The molecule has 0 atom stereocenters. The third-order valence-corrected chi connectivity index (χ3v) is 2.18. The highest BCUT2D eigenvalue weighted by molar-refractivity contribution is 5.76. The lowest BCUT2D eigenvalue weighted by Crippen LogP contribution is -2.30. The number of carbonyl (C=O) groups excluding carboxylic acids is 1. The van der Waals surface area contributed by atoms with Crippen LogP contribution in [-0.4, -0.2) is 37.0 Å². The van der Waals surface area contributed by atoms with Gasteiger partial charge in [0.2, 0.25) is 5.91 Å². The average molecular weight is 181 g/mol. The van der Waals surface area contributed by atoms with Crippen LogP contribution in [0.3, 0.4) is 0 Å². The van der Waals surface area contributed by atoms with Gasteiger partial charge in [0.15, 0.2) is 0 Å². The summed E-state index contributed by atoms with van der Waals surface area (Å²) in [4.78, 5) is 13.3. The highest BCUT2D eigenvalue weighted by atomic mass is 16.2. The van der Waals surface area contributed by atoms with Crippen molar-refractivity contribution in [3.05, 3.63) is 0 Å². The van der Waals surface area contributed by atoms with Gasteiger partial charge in [-0.15, -0.1) is 0 Å². The average Bonchev–Trinajstić information content (AvgIpc) is 2.65. The Morgan fingerprint density at radius 2 is 2.15 bits per heavy atom. The summed E-state index contributed by atoms with van der Waals surface area (Å²) >= 11 is 0. The number of amides is 1. The topological polar surface area (TPSA) is 56.1 Å². The maximum Gasteiger partial charge on any atom is 0.223 e. The summed E-state index contributed by atoms with van der Waals surface area (Å²) in [5.41, 5.74) is 0. The smallest absolute Gasteiger partial charge is 0.223 e. The van der Waals surface area contributed by atoms with E-state index in [9.17, 15) is 4.79 Å². The maximum atomic E-state index is 11.4. The van der Waals surface area contributed by atoms with E-state index in [1.807, 2.05) is 11.0 Å². The minimum absolute atomic E-state index is 0.211. The lowest BCUT2D eigenvalue weighted by atomic mass is 10.3. The monoisotopic (exact) mass is 181 g/mol. The van der Waals surface area contributed by atoms with Crippen LogP contribution in [0, 0.1) is 11.3 Å². The molecular formula is C9H15N3O. The van der Waals surface area contributed by atoms with E-state index in [1.54, 1.807) is 0 Å². The first kappa shape index (κ1) is 10.0. The van der Waals surface area contributed by atoms with Crippen LogP contribution in [-0.2, 0) is 4.79 Å². The minimum atomic E-state index is 0.211. The van der Waals surface area contributed by atoms with Gasteiger partial charge in [-0.25, -0.2) is 0 Å². The molecule has 0 unspecified atom stereocenters. The Morgan fingerprint density at radius 3 is 2.77 bits per heavy atom. The Labute approximate surface area is 78.5 Å². The summed E-state index contributed by atoms with van der Waals surface area (Å²) in [5.74, 6) is 0.211. The van der Waals surface area contributed by atoms with Gasteiger partial charge in [-0.3, -0.25) is 4.79 Å². The molecule has 0 aromatic rings. The van der Waals surface area contributed by atoms with E-state index in [-0.39, 0.29) is 5.91 Å². The third kappa shape index (κ3) is 3.43.